The van der Waals surface area contributed by atoms with Crippen molar-refractivity contribution < 1.29 is 13.2 Å². The van der Waals surface area contributed by atoms with Crippen molar-refractivity contribution in [2.45, 2.75) is 31.7 Å². The van der Waals surface area contributed by atoms with Gasteiger partial charge in [0.25, 0.3) is 0 Å². The molecular formula is C18H26N2O3S. The zero-order chi connectivity index (χ0) is 17.0. The Morgan fingerprint density at radius 1 is 1.12 bits per heavy atom. The van der Waals surface area contributed by atoms with Crippen LogP contribution in [0.4, 0.5) is 0 Å². The van der Waals surface area contributed by atoms with Crippen LogP contribution in [0.3, 0.4) is 0 Å². The summed E-state index contributed by atoms with van der Waals surface area (Å²) in [7, 11) is -2.94. The summed E-state index contributed by atoms with van der Waals surface area (Å²) < 4.78 is 22.9. The Labute approximate surface area is 144 Å². The van der Waals surface area contributed by atoms with E-state index in [1.165, 1.54) is 5.56 Å². The van der Waals surface area contributed by atoms with Crippen LogP contribution in [0.2, 0.25) is 0 Å². The van der Waals surface area contributed by atoms with E-state index in [1.807, 2.05) is 6.07 Å². The molecule has 1 atom stereocenters. The molecule has 0 radical (unpaired) electrons. The molecule has 1 unspecified atom stereocenters. The Kier molecular flexibility index (Phi) is 5.56. The van der Waals surface area contributed by atoms with Crippen LogP contribution in [-0.4, -0.2) is 56.4 Å². The van der Waals surface area contributed by atoms with E-state index in [0.29, 0.717) is 18.9 Å². The van der Waals surface area contributed by atoms with Gasteiger partial charge in [0.15, 0.2) is 9.84 Å². The first-order valence-corrected chi connectivity index (χ1v) is 10.6. The van der Waals surface area contributed by atoms with Gasteiger partial charge >= 0.3 is 0 Å². The summed E-state index contributed by atoms with van der Waals surface area (Å²) in [6.45, 7) is 2.26. The molecule has 0 aliphatic carbocycles. The van der Waals surface area contributed by atoms with E-state index in [-0.39, 0.29) is 23.5 Å². The molecule has 2 saturated heterocycles. The summed E-state index contributed by atoms with van der Waals surface area (Å²) in [4.78, 5) is 14.3. The zero-order valence-electron chi connectivity index (χ0n) is 14.0. The van der Waals surface area contributed by atoms with Crippen LogP contribution < -0.4 is 5.32 Å². The van der Waals surface area contributed by atoms with E-state index in [4.69, 9.17) is 0 Å². The lowest BCUT2D eigenvalue weighted by molar-refractivity contribution is -0.123. The van der Waals surface area contributed by atoms with E-state index < -0.39 is 9.84 Å². The molecule has 5 nitrogen and oxygen atoms in total. The topological polar surface area (TPSA) is 66.5 Å². The third-order valence-corrected chi connectivity index (χ3v) is 6.81. The Bertz CT molecular complexity index is 652. The molecule has 132 valence electrons. The molecule has 24 heavy (non-hydrogen) atoms. The normalized spacial score (nSPS) is 24.8. The third-order valence-electron chi connectivity index (χ3n) is 5.04. The highest BCUT2D eigenvalue weighted by Crippen LogP contribution is 2.21. The fourth-order valence-corrected chi connectivity index (χ4v) is 5.35. The molecule has 0 aromatic heterocycles. The van der Waals surface area contributed by atoms with Crippen molar-refractivity contribution in [2.75, 3.05) is 31.1 Å². The van der Waals surface area contributed by atoms with Crippen molar-refractivity contribution in [1.29, 1.82) is 0 Å². The van der Waals surface area contributed by atoms with Crippen molar-refractivity contribution in [2.24, 2.45) is 5.92 Å². The molecule has 6 heteroatoms. The maximum absolute atomic E-state index is 12.1. The summed E-state index contributed by atoms with van der Waals surface area (Å²) in [5.41, 5.74) is 1.39. The smallest absolute Gasteiger partial charge is 0.234 e. The fourth-order valence-electron chi connectivity index (χ4n) is 3.68. The van der Waals surface area contributed by atoms with Crippen molar-refractivity contribution in [3.8, 4) is 0 Å². The quantitative estimate of drug-likeness (QED) is 0.868. The Morgan fingerprint density at radius 2 is 1.83 bits per heavy atom. The van der Waals surface area contributed by atoms with Gasteiger partial charge < -0.3 is 5.32 Å². The lowest BCUT2D eigenvalue weighted by atomic mass is 9.90. The van der Waals surface area contributed by atoms with Crippen molar-refractivity contribution >= 4 is 15.7 Å². The van der Waals surface area contributed by atoms with E-state index in [1.54, 1.807) is 0 Å². The number of sulfone groups is 1. The molecule has 0 saturated carbocycles. The average molecular weight is 350 g/mol. The number of nitrogens with zero attached hydrogens (tertiary/aromatic N) is 1. The summed E-state index contributed by atoms with van der Waals surface area (Å²) in [6.07, 6.45) is 3.88. The largest absolute Gasteiger partial charge is 0.351 e. The van der Waals surface area contributed by atoms with E-state index in [9.17, 15) is 13.2 Å². The fraction of sp³-hybridized carbons (Fsp3) is 0.611. The Balaban J connectivity index is 1.38. The number of rotatable bonds is 5. The molecule has 2 heterocycles. The molecule has 1 amide bonds. The lowest BCUT2D eigenvalue weighted by Gasteiger charge is -2.31. The van der Waals surface area contributed by atoms with Crippen LogP contribution >= 0.6 is 0 Å². The minimum absolute atomic E-state index is 0.0430. The number of benzene rings is 1. The Hall–Kier alpha value is -1.40. The van der Waals surface area contributed by atoms with Crippen LogP contribution in [0.25, 0.3) is 0 Å². The molecule has 0 bridgehead atoms. The van der Waals surface area contributed by atoms with Crippen molar-refractivity contribution in [1.82, 2.24) is 10.2 Å². The second-order valence-corrected chi connectivity index (χ2v) is 9.31. The Morgan fingerprint density at radius 3 is 2.46 bits per heavy atom. The summed E-state index contributed by atoms with van der Waals surface area (Å²) >= 11 is 0. The summed E-state index contributed by atoms with van der Waals surface area (Å²) in [5.74, 6) is 0.936. The van der Waals surface area contributed by atoms with Crippen LogP contribution in [0.1, 0.15) is 24.8 Å². The van der Waals surface area contributed by atoms with Gasteiger partial charge in [-0.05, 0) is 50.3 Å². The van der Waals surface area contributed by atoms with Gasteiger partial charge in [-0.25, -0.2) is 8.42 Å². The highest BCUT2D eigenvalue weighted by Gasteiger charge is 2.29. The minimum Gasteiger partial charge on any atom is -0.351 e. The lowest BCUT2D eigenvalue weighted by Crippen LogP contribution is -2.45. The molecule has 2 fully saturated rings. The van der Waals surface area contributed by atoms with E-state index in [2.05, 4.69) is 34.5 Å². The van der Waals surface area contributed by atoms with Gasteiger partial charge in [-0.3, -0.25) is 9.69 Å². The molecule has 1 aromatic rings. The van der Waals surface area contributed by atoms with Gasteiger partial charge in [0, 0.05) is 6.04 Å². The second kappa shape index (κ2) is 7.66. The molecular weight excluding hydrogens is 324 g/mol. The molecule has 0 spiro atoms. The third kappa shape index (κ3) is 5.05. The average Bonchev–Trinajstić information content (AvgIpc) is 2.89. The van der Waals surface area contributed by atoms with Crippen molar-refractivity contribution in [3.05, 3.63) is 35.9 Å². The number of carbonyl (C=O) groups excluding carboxylic acids is 1. The van der Waals surface area contributed by atoms with Gasteiger partial charge in [-0.2, -0.15) is 0 Å². The first-order valence-electron chi connectivity index (χ1n) is 8.76. The summed E-state index contributed by atoms with van der Waals surface area (Å²) in [6, 6.07) is 10.4. The number of carbonyl (C=O) groups is 1. The second-order valence-electron chi connectivity index (χ2n) is 7.08. The van der Waals surface area contributed by atoms with Gasteiger partial charge in [-0.1, -0.05) is 30.3 Å². The van der Waals surface area contributed by atoms with Gasteiger partial charge in [0.05, 0.1) is 18.1 Å². The molecule has 1 aromatic carbocycles. The summed E-state index contributed by atoms with van der Waals surface area (Å²) in [5, 5.41) is 2.87. The number of hydrogen-bond acceptors (Lipinski definition) is 4. The van der Waals surface area contributed by atoms with Crippen molar-refractivity contribution in [3.63, 3.8) is 0 Å². The molecule has 1 N–H and O–H groups in total. The number of hydrogen-bond donors (Lipinski definition) is 1. The zero-order valence-corrected chi connectivity index (χ0v) is 14.8. The number of amides is 1. The standard InChI is InChI=1S/C18H26N2O3S/c21-18(19-17-8-11-24(22,23)14-17)13-20-9-6-16(7-10-20)12-15-4-2-1-3-5-15/h1-5,16-17H,6-14H2,(H,19,21). The molecule has 2 aliphatic rings. The maximum atomic E-state index is 12.1. The van der Waals surface area contributed by atoms with Gasteiger partial charge in [0.1, 0.15) is 0 Å². The maximum Gasteiger partial charge on any atom is 0.234 e. The number of likely N-dealkylation sites (tertiary alicyclic amines) is 1. The van der Waals surface area contributed by atoms with Crippen LogP contribution in [0.5, 0.6) is 0 Å². The van der Waals surface area contributed by atoms with Gasteiger partial charge in [-0.15, -0.1) is 0 Å². The molecule has 2 aliphatic heterocycles. The predicted octanol–water partition coefficient (Wildman–Crippen LogP) is 1.24. The number of nitrogens with one attached hydrogen (secondary N) is 1. The first-order chi connectivity index (χ1) is 11.5. The SMILES string of the molecule is O=C(CN1CCC(Cc2ccccc2)CC1)NC1CCS(=O)(=O)C1. The van der Waals surface area contributed by atoms with Gasteiger partial charge in [0.2, 0.25) is 5.91 Å². The highest BCUT2D eigenvalue weighted by atomic mass is 32.2. The van der Waals surface area contributed by atoms with Crippen LogP contribution in [0, 0.1) is 5.92 Å². The predicted molar refractivity (Wildman–Crippen MR) is 94.5 cm³/mol. The highest BCUT2D eigenvalue weighted by molar-refractivity contribution is 7.91. The van der Waals surface area contributed by atoms with E-state index in [0.717, 1.165) is 32.4 Å². The van der Waals surface area contributed by atoms with E-state index >= 15 is 0 Å². The minimum atomic E-state index is -2.94. The molecule has 3 rings (SSSR count). The first kappa shape index (κ1) is 17.4. The monoisotopic (exact) mass is 350 g/mol. The van der Waals surface area contributed by atoms with Crippen LogP contribution in [-0.2, 0) is 21.1 Å². The number of piperidine rings is 1. The van der Waals surface area contributed by atoms with Crippen LogP contribution in [0.15, 0.2) is 30.3 Å².